The van der Waals surface area contributed by atoms with Crippen LogP contribution in [0.2, 0.25) is 5.02 Å². The lowest BCUT2D eigenvalue weighted by molar-refractivity contribution is -0.127. The lowest BCUT2D eigenvalue weighted by atomic mass is 10.2. The zero-order valence-corrected chi connectivity index (χ0v) is 9.03. The Bertz CT molecular complexity index is 367. The molecular weight excluding hydrogens is 216 g/mol. The fourth-order valence-corrected chi connectivity index (χ4v) is 1.60. The third-order valence-corrected chi connectivity index (χ3v) is 2.55. The number of nitrogens with zero attached hydrogens (tertiary/aromatic N) is 3. The van der Waals surface area contributed by atoms with Gasteiger partial charge in [-0.05, 0) is 6.42 Å². The molecule has 0 aliphatic carbocycles. The standard InChI is InChI=1S/C9H11ClN4O/c1-14-3-2-7(8(14)15)13-9-11-4-6(10)5-12-9/h4-5,7H,2-3H2,1H3,(H,11,12,13). The van der Waals surface area contributed by atoms with Gasteiger partial charge in [0.25, 0.3) is 0 Å². The molecule has 1 aliphatic heterocycles. The molecule has 0 radical (unpaired) electrons. The SMILES string of the molecule is CN1CCC(Nc2ncc(Cl)cn2)C1=O. The summed E-state index contributed by atoms with van der Waals surface area (Å²) in [5, 5.41) is 3.46. The summed E-state index contributed by atoms with van der Waals surface area (Å²) < 4.78 is 0. The van der Waals surface area contributed by atoms with E-state index in [-0.39, 0.29) is 11.9 Å². The number of rotatable bonds is 2. The van der Waals surface area contributed by atoms with Crippen molar-refractivity contribution >= 4 is 23.5 Å². The summed E-state index contributed by atoms with van der Waals surface area (Å²) in [6.07, 6.45) is 3.78. The van der Waals surface area contributed by atoms with Crippen molar-refractivity contribution in [2.24, 2.45) is 0 Å². The summed E-state index contributed by atoms with van der Waals surface area (Å²) in [4.78, 5) is 21.2. The first kappa shape index (κ1) is 10.2. The number of anilines is 1. The van der Waals surface area contributed by atoms with E-state index in [0.29, 0.717) is 11.0 Å². The predicted octanol–water partition coefficient (Wildman–Crippen LogP) is 0.773. The summed E-state index contributed by atoms with van der Waals surface area (Å²) in [6.45, 7) is 0.768. The van der Waals surface area contributed by atoms with Gasteiger partial charge in [0.2, 0.25) is 11.9 Å². The molecule has 80 valence electrons. The minimum atomic E-state index is -0.212. The Kier molecular flexibility index (Phi) is 2.73. The molecule has 0 spiro atoms. The van der Waals surface area contributed by atoms with Gasteiger partial charge in [-0.1, -0.05) is 11.6 Å². The van der Waals surface area contributed by atoms with Gasteiger partial charge in [-0.25, -0.2) is 9.97 Å². The van der Waals surface area contributed by atoms with E-state index in [9.17, 15) is 4.79 Å². The highest BCUT2D eigenvalue weighted by molar-refractivity contribution is 6.30. The lowest BCUT2D eigenvalue weighted by Crippen LogP contribution is -2.31. The molecule has 0 bridgehead atoms. The van der Waals surface area contributed by atoms with Gasteiger partial charge >= 0.3 is 0 Å². The highest BCUT2D eigenvalue weighted by atomic mass is 35.5. The number of halogens is 1. The Morgan fingerprint density at radius 3 is 2.73 bits per heavy atom. The number of hydrogen-bond acceptors (Lipinski definition) is 4. The van der Waals surface area contributed by atoms with Gasteiger partial charge in [0, 0.05) is 13.6 Å². The lowest BCUT2D eigenvalue weighted by Gasteiger charge is -2.11. The molecule has 15 heavy (non-hydrogen) atoms. The third-order valence-electron chi connectivity index (χ3n) is 2.35. The second-order valence-corrected chi connectivity index (χ2v) is 3.91. The molecule has 1 fully saturated rings. The van der Waals surface area contributed by atoms with Gasteiger partial charge in [-0.2, -0.15) is 0 Å². The first-order valence-corrected chi connectivity index (χ1v) is 5.03. The summed E-state index contributed by atoms with van der Waals surface area (Å²) in [6, 6.07) is -0.212. The van der Waals surface area contributed by atoms with Crippen molar-refractivity contribution in [1.29, 1.82) is 0 Å². The third kappa shape index (κ3) is 2.18. The van der Waals surface area contributed by atoms with E-state index >= 15 is 0 Å². The smallest absolute Gasteiger partial charge is 0.244 e. The normalized spacial score (nSPS) is 20.8. The van der Waals surface area contributed by atoms with E-state index in [1.54, 1.807) is 11.9 Å². The molecule has 0 saturated carbocycles. The molecule has 5 nitrogen and oxygen atoms in total. The molecule has 1 aromatic heterocycles. The van der Waals surface area contributed by atoms with Crippen LogP contribution in [0.25, 0.3) is 0 Å². The molecule has 1 amide bonds. The molecule has 2 rings (SSSR count). The zero-order chi connectivity index (χ0) is 10.8. The van der Waals surface area contributed by atoms with E-state index in [4.69, 9.17) is 11.6 Å². The molecule has 1 N–H and O–H groups in total. The molecule has 1 atom stereocenters. The second-order valence-electron chi connectivity index (χ2n) is 3.47. The van der Waals surface area contributed by atoms with Crippen LogP contribution in [0, 0.1) is 0 Å². The largest absolute Gasteiger partial charge is 0.344 e. The molecule has 2 heterocycles. The molecular formula is C9H11ClN4O. The summed E-state index contributed by atoms with van der Waals surface area (Å²) in [5.41, 5.74) is 0. The number of hydrogen-bond donors (Lipinski definition) is 1. The molecule has 1 saturated heterocycles. The highest BCUT2D eigenvalue weighted by Crippen LogP contribution is 2.13. The maximum absolute atomic E-state index is 11.6. The van der Waals surface area contributed by atoms with Crippen LogP contribution in [0.5, 0.6) is 0 Å². The van der Waals surface area contributed by atoms with Gasteiger partial charge < -0.3 is 10.2 Å². The average molecular weight is 227 g/mol. The quantitative estimate of drug-likeness (QED) is 0.810. The first-order chi connectivity index (χ1) is 7.16. The Balaban J connectivity index is 2.03. The number of likely N-dealkylation sites (N-methyl/N-ethyl adjacent to an activating group) is 1. The van der Waals surface area contributed by atoms with Crippen molar-refractivity contribution in [1.82, 2.24) is 14.9 Å². The Hall–Kier alpha value is -1.36. The molecule has 1 unspecified atom stereocenters. The number of carbonyl (C=O) groups is 1. The molecule has 0 aromatic carbocycles. The van der Waals surface area contributed by atoms with Crippen LogP contribution < -0.4 is 5.32 Å². The van der Waals surface area contributed by atoms with Crippen molar-refractivity contribution in [3.05, 3.63) is 17.4 Å². The number of amides is 1. The Morgan fingerprint density at radius 2 is 2.20 bits per heavy atom. The van der Waals surface area contributed by atoms with E-state index in [2.05, 4.69) is 15.3 Å². The molecule has 1 aliphatic rings. The monoisotopic (exact) mass is 226 g/mol. The highest BCUT2D eigenvalue weighted by Gasteiger charge is 2.29. The predicted molar refractivity (Wildman–Crippen MR) is 56.7 cm³/mol. The Morgan fingerprint density at radius 1 is 1.53 bits per heavy atom. The van der Waals surface area contributed by atoms with Gasteiger partial charge in [0.1, 0.15) is 6.04 Å². The average Bonchev–Trinajstić information content (AvgIpc) is 2.53. The maximum Gasteiger partial charge on any atom is 0.244 e. The van der Waals surface area contributed by atoms with Gasteiger partial charge in [-0.15, -0.1) is 0 Å². The Labute approximate surface area is 92.5 Å². The summed E-state index contributed by atoms with van der Waals surface area (Å²) in [5.74, 6) is 0.515. The van der Waals surface area contributed by atoms with Crippen LogP contribution in [0.3, 0.4) is 0 Å². The van der Waals surface area contributed by atoms with Crippen molar-refractivity contribution in [3.8, 4) is 0 Å². The van der Waals surface area contributed by atoms with Crippen LogP contribution in [0.4, 0.5) is 5.95 Å². The van der Waals surface area contributed by atoms with Crippen molar-refractivity contribution in [2.75, 3.05) is 18.9 Å². The number of likely N-dealkylation sites (tertiary alicyclic amines) is 1. The molecule has 1 aromatic rings. The van der Waals surface area contributed by atoms with Crippen LogP contribution >= 0.6 is 11.6 Å². The van der Waals surface area contributed by atoms with Gasteiger partial charge in [0.05, 0.1) is 17.4 Å². The summed E-state index contributed by atoms with van der Waals surface area (Å²) in [7, 11) is 1.78. The minimum Gasteiger partial charge on any atom is -0.344 e. The van der Waals surface area contributed by atoms with Crippen LogP contribution in [0.15, 0.2) is 12.4 Å². The second kappa shape index (κ2) is 4.02. The van der Waals surface area contributed by atoms with Gasteiger partial charge in [-0.3, -0.25) is 4.79 Å². The van der Waals surface area contributed by atoms with Crippen molar-refractivity contribution in [2.45, 2.75) is 12.5 Å². The van der Waals surface area contributed by atoms with Gasteiger partial charge in [0.15, 0.2) is 0 Å². The van der Waals surface area contributed by atoms with E-state index in [1.165, 1.54) is 12.4 Å². The fraction of sp³-hybridized carbons (Fsp3) is 0.444. The topological polar surface area (TPSA) is 58.1 Å². The zero-order valence-electron chi connectivity index (χ0n) is 8.27. The van der Waals surface area contributed by atoms with Crippen LogP contribution in [0.1, 0.15) is 6.42 Å². The van der Waals surface area contributed by atoms with Crippen molar-refractivity contribution < 1.29 is 4.79 Å². The number of carbonyl (C=O) groups excluding carboxylic acids is 1. The van der Waals surface area contributed by atoms with E-state index in [0.717, 1.165) is 13.0 Å². The summed E-state index contributed by atoms with van der Waals surface area (Å²) >= 11 is 5.65. The van der Waals surface area contributed by atoms with E-state index in [1.807, 2.05) is 0 Å². The van der Waals surface area contributed by atoms with Crippen molar-refractivity contribution in [3.63, 3.8) is 0 Å². The van der Waals surface area contributed by atoms with Crippen LogP contribution in [-0.4, -0.2) is 40.4 Å². The van der Waals surface area contributed by atoms with Crippen LogP contribution in [-0.2, 0) is 4.79 Å². The fourth-order valence-electron chi connectivity index (χ4n) is 1.50. The molecule has 6 heteroatoms. The van der Waals surface area contributed by atoms with E-state index < -0.39 is 0 Å². The maximum atomic E-state index is 11.6. The minimum absolute atomic E-state index is 0.0774. The number of nitrogens with one attached hydrogen (secondary N) is 1. The number of aromatic nitrogens is 2. The first-order valence-electron chi connectivity index (χ1n) is 4.66.